The molecule has 0 saturated carbocycles. The van der Waals surface area contributed by atoms with Crippen molar-refractivity contribution in [2.45, 2.75) is 0 Å². The van der Waals surface area contributed by atoms with E-state index in [1.165, 1.54) is 0 Å². The molecular weight excluding hydrogens is 266 g/mol. The van der Waals surface area contributed by atoms with Gasteiger partial charge in [0.05, 0.1) is 5.52 Å². The average molecular weight is 278 g/mol. The molecule has 3 nitrogen and oxygen atoms in total. The molecule has 0 bridgehead atoms. The van der Waals surface area contributed by atoms with E-state index in [1.54, 1.807) is 0 Å². The van der Waals surface area contributed by atoms with Gasteiger partial charge in [-0.2, -0.15) is 0 Å². The molecule has 0 aliphatic rings. The standard InChI is InChI=1S/C12H12BrN3/c1-8(13)7-15-12-5-2-9-6-10(14)3-4-11(9)16-12/h2-6H,1,7,14H2,(H,15,16). The minimum absolute atomic E-state index is 0.660. The number of hydrogen-bond acceptors (Lipinski definition) is 3. The van der Waals surface area contributed by atoms with E-state index in [4.69, 9.17) is 5.73 Å². The second-order valence-electron chi connectivity index (χ2n) is 3.52. The molecule has 2 aromatic rings. The summed E-state index contributed by atoms with van der Waals surface area (Å²) in [5.74, 6) is 0.831. The predicted octanol–water partition coefficient (Wildman–Crippen LogP) is 3.14. The van der Waals surface area contributed by atoms with E-state index in [9.17, 15) is 0 Å². The highest BCUT2D eigenvalue weighted by atomic mass is 79.9. The number of nitrogens with one attached hydrogen (secondary N) is 1. The zero-order chi connectivity index (χ0) is 11.5. The van der Waals surface area contributed by atoms with Crippen molar-refractivity contribution in [3.05, 3.63) is 41.4 Å². The Morgan fingerprint density at radius 2 is 2.19 bits per heavy atom. The van der Waals surface area contributed by atoms with Crippen molar-refractivity contribution < 1.29 is 0 Å². The number of rotatable bonds is 3. The lowest BCUT2D eigenvalue weighted by molar-refractivity contribution is 1.25. The molecular formula is C12H12BrN3. The van der Waals surface area contributed by atoms with Crippen LogP contribution in [0.1, 0.15) is 0 Å². The van der Waals surface area contributed by atoms with Gasteiger partial charge in [-0.15, -0.1) is 0 Å². The monoisotopic (exact) mass is 277 g/mol. The second kappa shape index (κ2) is 4.53. The van der Waals surface area contributed by atoms with Crippen LogP contribution in [-0.4, -0.2) is 11.5 Å². The van der Waals surface area contributed by atoms with Crippen molar-refractivity contribution >= 4 is 38.3 Å². The fourth-order valence-electron chi connectivity index (χ4n) is 1.43. The van der Waals surface area contributed by atoms with Crippen LogP contribution in [0.5, 0.6) is 0 Å². The van der Waals surface area contributed by atoms with Crippen LogP contribution in [0, 0.1) is 0 Å². The molecule has 0 aliphatic carbocycles. The largest absolute Gasteiger partial charge is 0.399 e. The number of nitrogens with zero attached hydrogens (tertiary/aromatic N) is 1. The van der Waals surface area contributed by atoms with Gasteiger partial charge in [0.2, 0.25) is 0 Å². The van der Waals surface area contributed by atoms with Gasteiger partial charge in [0.1, 0.15) is 5.82 Å². The van der Waals surface area contributed by atoms with E-state index in [2.05, 4.69) is 32.8 Å². The van der Waals surface area contributed by atoms with Crippen molar-refractivity contribution in [2.75, 3.05) is 17.6 Å². The zero-order valence-electron chi connectivity index (χ0n) is 8.70. The van der Waals surface area contributed by atoms with Crippen molar-refractivity contribution in [1.82, 2.24) is 4.98 Å². The van der Waals surface area contributed by atoms with E-state index < -0.39 is 0 Å². The number of halogens is 1. The maximum atomic E-state index is 5.70. The molecule has 4 heteroatoms. The van der Waals surface area contributed by atoms with E-state index >= 15 is 0 Å². The summed E-state index contributed by atoms with van der Waals surface area (Å²) < 4.78 is 0.895. The van der Waals surface area contributed by atoms with Crippen molar-refractivity contribution in [3.8, 4) is 0 Å². The minimum atomic E-state index is 0.660. The number of nitrogen functional groups attached to an aromatic ring is 1. The van der Waals surface area contributed by atoms with Gasteiger partial charge in [-0.05, 0) is 30.3 Å². The Bertz CT molecular complexity index is 537. The lowest BCUT2D eigenvalue weighted by Gasteiger charge is -2.05. The Kier molecular flexibility index (Phi) is 3.10. The van der Waals surface area contributed by atoms with Crippen LogP contribution in [0.25, 0.3) is 10.9 Å². The van der Waals surface area contributed by atoms with Gasteiger partial charge in [0, 0.05) is 22.1 Å². The van der Waals surface area contributed by atoms with Gasteiger partial charge in [-0.3, -0.25) is 0 Å². The van der Waals surface area contributed by atoms with E-state index in [0.29, 0.717) is 6.54 Å². The average Bonchev–Trinajstić information content (AvgIpc) is 2.26. The zero-order valence-corrected chi connectivity index (χ0v) is 10.3. The molecule has 1 aromatic heterocycles. The summed E-state index contributed by atoms with van der Waals surface area (Å²) in [5.41, 5.74) is 7.38. The fraction of sp³-hybridized carbons (Fsp3) is 0.0833. The third-order valence-corrected chi connectivity index (χ3v) is 2.45. The number of hydrogen-bond donors (Lipinski definition) is 2. The van der Waals surface area contributed by atoms with Gasteiger partial charge in [-0.25, -0.2) is 4.98 Å². The van der Waals surface area contributed by atoms with Crippen LogP contribution in [0.4, 0.5) is 11.5 Å². The third kappa shape index (κ3) is 2.52. The molecule has 0 atom stereocenters. The van der Waals surface area contributed by atoms with Crippen LogP contribution in [0.2, 0.25) is 0 Å². The maximum absolute atomic E-state index is 5.70. The molecule has 82 valence electrons. The highest BCUT2D eigenvalue weighted by Gasteiger charge is 1.98. The number of anilines is 2. The summed E-state index contributed by atoms with van der Waals surface area (Å²) in [6.07, 6.45) is 0. The molecule has 1 heterocycles. The topological polar surface area (TPSA) is 50.9 Å². The van der Waals surface area contributed by atoms with E-state index in [-0.39, 0.29) is 0 Å². The van der Waals surface area contributed by atoms with Gasteiger partial charge in [-0.1, -0.05) is 22.5 Å². The molecule has 1 aromatic carbocycles. The molecule has 2 rings (SSSR count). The van der Waals surface area contributed by atoms with Gasteiger partial charge >= 0.3 is 0 Å². The Morgan fingerprint density at radius 3 is 2.94 bits per heavy atom. The van der Waals surface area contributed by atoms with Gasteiger partial charge in [0.25, 0.3) is 0 Å². The molecule has 0 fully saturated rings. The molecule has 0 saturated heterocycles. The van der Waals surface area contributed by atoms with Gasteiger partial charge < -0.3 is 11.1 Å². The van der Waals surface area contributed by atoms with Crippen molar-refractivity contribution in [1.29, 1.82) is 0 Å². The van der Waals surface area contributed by atoms with Crippen molar-refractivity contribution in [3.63, 3.8) is 0 Å². The summed E-state index contributed by atoms with van der Waals surface area (Å²) in [7, 11) is 0. The normalized spacial score (nSPS) is 10.3. The van der Waals surface area contributed by atoms with Crippen LogP contribution >= 0.6 is 15.9 Å². The quantitative estimate of drug-likeness (QED) is 0.848. The molecule has 0 radical (unpaired) electrons. The first-order chi connectivity index (χ1) is 7.65. The highest BCUT2D eigenvalue weighted by Crippen LogP contribution is 2.18. The van der Waals surface area contributed by atoms with E-state index in [1.807, 2.05) is 30.3 Å². The Morgan fingerprint density at radius 1 is 1.38 bits per heavy atom. The first-order valence-corrected chi connectivity index (χ1v) is 5.68. The third-order valence-electron chi connectivity index (χ3n) is 2.17. The molecule has 0 aliphatic heterocycles. The smallest absolute Gasteiger partial charge is 0.126 e. The Hall–Kier alpha value is -1.55. The Balaban J connectivity index is 2.30. The number of nitrogens with two attached hydrogens (primary N) is 1. The first kappa shape index (κ1) is 11.0. The summed E-state index contributed by atoms with van der Waals surface area (Å²) >= 11 is 3.29. The summed E-state index contributed by atoms with van der Waals surface area (Å²) in [5, 5.41) is 4.21. The molecule has 3 N–H and O–H groups in total. The summed E-state index contributed by atoms with van der Waals surface area (Å²) in [6, 6.07) is 9.60. The van der Waals surface area contributed by atoms with Crippen LogP contribution in [0.15, 0.2) is 41.4 Å². The van der Waals surface area contributed by atoms with E-state index in [0.717, 1.165) is 26.9 Å². The number of fused-ring (bicyclic) bond motifs is 1. The van der Waals surface area contributed by atoms with Crippen LogP contribution < -0.4 is 11.1 Å². The predicted molar refractivity (Wildman–Crippen MR) is 72.7 cm³/mol. The first-order valence-electron chi connectivity index (χ1n) is 4.88. The molecule has 0 unspecified atom stereocenters. The van der Waals surface area contributed by atoms with Crippen molar-refractivity contribution in [2.24, 2.45) is 0 Å². The SMILES string of the molecule is C=C(Br)CNc1ccc2cc(N)ccc2n1. The number of aromatic nitrogens is 1. The maximum Gasteiger partial charge on any atom is 0.126 e. The number of benzene rings is 1. The lowest BCUT2D eigenvalue weighted by Crippen LogP contribution is -2.02. The molecule has 0 amide bonds. The molecule has 16 heavy (non-hydrogen) atoms. The minimum Gasteiger partial charge on any atom is -0.399 e. The fourth-order valence-corrected chi connectivity index (χ4v) is 1.57. The van der Waals surface area contributed by atoms with Gasteiger partial charge in [0.15, 0.2) is 0 Å². The summed E-state index contributed by atoms with van der Waals surface area (Å²) in [4.78, 5) is 4.46. The lowest BCUT2D eigenvalue weighted by atomic mass is 10.2. The van der Waals surface area contributed by atoms with Crippen LogP contribution in [0.3, 0.4) is 0 Å². The molecule has 0 spiro atoms. The second-order valence-corrected chi connectivity index (χ2v) is 4.64. The Labute approximate surface area is 102 Å². The highest BCUT2D eigenvalue weighted by molar-refractivity contribution is 9.11. The van der Waals surface area contributed by atoms with Crippen LogP contribution in [-0.2, 0) is 0 Å². The number of pyridine rings is 1. The summed E-state index contributed by atoms with van der Waals surface area (Å²) in [6.45, 7) is 4.41.